The van der Waals surface area contributed by atoms with Gasteiger partial charge < -0.3 is 15.8 Å². The van der Waals surface area contributed by atoms with Gasteiger partial charge in [-0.2, -0.15) is 5.26 Å². The molecule has 0 bridgehead atoms. The minimum atomic E-state index is -1.40. The van der Waals surface area contributed by atoms with E-state index in [0.29, 0.717) is 0 Å². The predicted octanol–water partition coefficient (Wildman–Crippen LogP) is -1.30. The lowest BCUT2D eigenvalue weighted by Gasteiger charge is -2.03. The van der Waals surface area contributed by atoms with Crippen LogP contribution in [0.15, 0.2) is 0 Å². The molecule has 0 aromatic carbocycles. The fourth-order valence-corrected chi connectivity index (χ4v) is 0.471. The van der Waals surface area contributed by atoms with Crippen molar-refractivity contribution in [3.8, 4) is 6.07 Å². The molecule has 0 radical (unpaired) electrons. The summed E-state index contributed by atoms with van der Waals surface area (Å²) >= 11 is 0. The largest absolute Gasteiger partial charge is 0.453 e. The van der Waals surface area contributed by atoms with Crippen molar-refractivity contribution in [2.45, 2.75) is 18.8 Å². The number of nitrogens with zero attached hydrogens (tertiary/aromatic N) is 1. The second kappa shape index (κ2) is 4.33. The summed E-state index contributed by atoms with van der Waals surface area (Å²) in [6.45, 7) is 0. The lowest BCUT2D eigenvalue weighted by molar-refractivity contribution is 0.398. The van der Waals surface area contributed by atoms with Crippen LogP contribution in [0.5, 0.6) is 0 Å². The van der Waals surface area contributed by atoms with Crippen LogP contribution >= 0.6 is 0 Å². The molecular formula is C4H9BN2O2. The van der Waals surface area contributed by atoms with Crippen LogP contribution in [0.1, 0.15) is 6.42 Å². The van der Waals surface area contributed by atoms with Crippen molar-refractivity contribution in [3.05, 3.63) is 0 Å². The molecule has 9 heavy (non-hydrogen) atoms. The van der Waals surface area contributed by atoms with Gasteiger partial charge in [0.2, 0.25) is 0 Å². The normalized spacial score (nSPS) is 12.2. The Bertz CT molecular complexity index is 112. The standard InChI is InChI=1S/C4H9BN2O2/c6-2-1-4(7)3-5(8)9/h4,8-9H,1,3,7H2/t4-/m1/s1. The van der Waals surface area contributed by atoms with Crippen LogP contribution in [0.2, 0.25) is 6.32 Å². The topological polar surface area (TPSA) is 90.3 Å². The van der Waals surface area contributed by atoms with Crippen LogP contribution in [0.4, 0.5) is 0 Å². The van der Waals surface area contributed by atoms with Gasteiger partial charge in [0.15, 0.2) is 0 Å². The highest BCUT2D eigenvalue weighted by Gasteiger charge is 2.12. The molecule has 4 nitrogen and oxygen atoms in total. The number of nitriles is 1. The van der Waals surface area contributed by atoms with Crippen molar-refractivity contribution >= 4 is 7.12 Å². The zero-order valence-corrected chi connectivity index (χ0v) is 4.99. The predicted molar refractivity (Wildman–Crippen MR) is 33.2 cm³/mol. The van der Waals surface area contributed by atoms with Crippen molar-refractivity contribution in [3.63, 3.8) is 0 Å². The van der Waals surface area contributed by atoms with E-state index in [9.17, 15) is 0 Å². The van der Waals surface area contributed by atoms with Crippen molar-refractivity contribution in [2.24, 2.45) is 5.73 Å². The summed E-state index contributed by atoms with van der Waals surface area (Å²) in [5.74, 6) is 0. The zero-order chi connectivity index (χ0) is 7.28. The van der Waals surface area contributed by atoms with E-state index < -0.39 is 13.2 Å². The van der Waals surface area contributed by atoms with Crippen molar-refractivity contribution < 1.29 is 10.0 Å². The number of rotatable bonds is 3. The van der Waals surface area contributed by atoms with Crippen LogP contribution in [-0.4, -0.2) is 23.2 Å². The van der Waals surface area contributed by atoms with Crippen LogP contribution in [0.25, 0.3) is 0 Å². The third-order valence-corrected chi connectivity index (χ3v) is 0.867. The molecule has 0 aliphatic heterocycles. The Kier molecular flexibility index (Phi) is 4.06. The van der Waals surface area contributed by atoms with Crippen LogP contribution in [0.3, 0.4) is 0 Å². The molecule has 4 N–H and O–H groups in total. The highest BCUT2D eigenvalue weighted by Crippen LogP contribution is 1.94. The van der Waals surface area contributed by atoms with Gasteiger partial charge >= 0.3 is 7.12 Å². The maximum Gasteiger partial charge on any atom is 0.453 e. The summed E-state index contributed by atoms with van der Waals surface area (Å²) in [5.41, 5.74) is 5.24. The van der Waals surface area contributed by atoms with E-state index in [4.69, 9.17) is 21.0 Å². The van der Waals surface area contributed by atoms with E-state index in [1.165, 1.54) is 0 Å². The van der Waals surface area contributed by atoms with Crippen LogP contribution < -0.4 is 5.73 Å². The minimum absolute atomic E-state index is 0.0631. The first kappa shape index (κ1) is 8.43. The van der Waals surface area contributed by atoms with Crippen LogP contribution in [-0.2, 0) is 0 Å². The van der Waals surface area contributed by atoms with E-state index >= 15 is 0 Å². The molecule has 1 atom stereocenters. The van der Waals surface area contributed by atoms with Crippen LogP contribution in [0, 0.1) is 11.3 Å². The maximum atomic E-state index is 8.32. The molecule has 5 heteroatoms. The number of hydrogen-bond donors (Lipinski definition) is 3. The van der Waals surface area contributed by atoms with Crippen molar-refractivity contribution in [1.82, 2.24) is 0 Å². The molecule has 0 aliphatic rings. The van der Waals surface area contributed by atoms with E-state index in [0.717, 1.165) is 0 Å². The Labute approximate surface area is 54.0 Å². The molecule has 0 aromatic heterocycles. The first-order valence-electron chi connectivity index (χ1n) is 2.65. The summed E-state index contributed by atoms with van der Waals surface area (Å²) in [5, 5.41) is 24.7. The van der Waals surface area contributed by atoms with E-state index in [-0.39, 0.29) is 12.7 Å². The summed E-state index contributed by atoms with van der Waals surface area (Å²) in [6, 6.07) is 1.40. The van der Waals surface area contributed by atoms with Gasteiger partial charge in [-0.05, 0) is 6.32 Å². The van der Waals surface area contributed by atoms with Gasteiger partial charge in [0.05, 0.1) is 6.07 Å². The van der Waals surface area contributed by atoms with Gasteiger partial charge in [0.25, 0.3) is 0 Å². The van der Waals surface area contributed by atoms with Crippen molar-refractivity contribution in [2.75, 3.05) is 0 Å². The molecule has 0 heterocycles. The molecule has 0 saturated carbocycles. The lowest BCUT2D eigenvalue weighted by atomic mass is 9.81. The summed E-state index contributed by atoms with van der Waals surface area (Å²) in [4.78, 5) is 0. The smallest absolute Gasteiger partial charge is 0.427 e. The van der Waals surface area contributed by atoms with E-state index in [1.807, 2.05) is 6.07 Å². The number of hydrogen-bond acceptors (Lipinski definition) is 4. The second-order valence-electron chi connectivity index (χ2n) is 1.84. The molecule has 0 amide bonds. The van der Waals surface area contributed by atoms with Gasteiger partial charge in [-0.25, -0.2) is 0 Å². The van der Waals surface area contributed by atoms with Gasteiger partial charge in [-0.15, -0.1) is 0 Å². The Hall–Kier alpha value is -0.565. The van der Waals surface area contributed by atoms with Gasteiger partial charge in [-0.3, -0.25) is 0 Å². The molecule has 0 fully saturated rings. The molecular weight excluding hydrogens is 119 g/mol. The summed E-state index contributed by atoms with van der Waals surface area (Å²) < 4.78 is 0. The van der Waals surface area contributed by atoms with E-state index in [1.54, 1.807) is 0 Å². The highest BCUT2D eigenvalue weighted by molar-refractivity contribution is 6.41. The fourth-order valence-electron chi connectivity index (χ4n) is 0.471. The summed E-state index contributed by atoms with van der Waals surface area (Å²) in [6.07, 6.45) is 0.227. The summed E-state index contributed by atoms with van der Waals surface area (Å²) in [7, 11) is -1.40. The Morgan fingerprint density at radius 1 is 1.67 bits per heavy atom. The molecule has 0 saturated heterocycles. The molecule has 0 rings (SSSR count). The average Bonchev–Trinajstić information content (AvgIpc) is 1.63. The number of nitrogens with two attached hydrogens (primary N) is 1. The molecule has 0 aliphatic carbocycles. The Balaban J connectivity index is 3.29. The first-order chi connectivity index (χ1) is 4.16. The molecule has 0 unspecified atom stereocenters. The minimum Gasteiger partial charge on any atom is -0.427 e. The monoisotopic (exact) mass is 128 g/mol. The van der Waals surface area contributed by atoms with Gasteiger partial charge in [0.1, 0.15) is 0 Å². The highest BCUT2D eigenvalue weighted by atomic mass is 16.4. The Morgan fingerprint density at radius 3 is 2.56 bits per heavy atom. The first-order valence-corrected chi connectivity index (χ1v) is 2.65. The van der Waals surface area contributed by atoms with E-state index in [2.05, 4.69) is 0 Å². The quantitative estimate of drug-likeness (QED) is 0.412. The molecule has 50 valence electrons. The SMILES string of the molecule is N#CC[C@@H](N)CB(O)O. The second-order valence-corrected chi connectivity index (χ2v) is 1.84. The fraction of sp³-hybridized carbons (Fsp3) is 0.750. The van der Waals surface area contributed by atoms with Crippen molar-refractivity contribution in [1.29, 1.82) is 5.26 Å². The maximum absolute atomic E-state index is 8.32. The zero-order valence-electron chi connectivity index (χ0n) is 4.99. The van der Waals surface area contributed by atoms with Gasteiger partial charge in [-0.1, -0.05) is 0 Å². The average molecular weight is 128 g/mol. The lowest BCUT2D eigenvalue weighted by Crippen LogP contribution is -2.27. The molecule has 0 aromatic rings. The van der Waals surface area contributed by atoms with Gasteiger partial charge in [0, 0.05) is 12.5 Å². The Morgan fingerprint density at radius 2 is 2.22 bits per heavy atom. The third kappa shape index (κ3) is 5.30. The molecule has 0 spiro atoms. The third-order valence-electron chi connectivity index (χ3n) is 0.867.